The highest BCUT2D eigenvalue weighted by atomic mass is 16.1. The highest BCUT2D eigenvalue weighted by Crippen LogP contribution is 2.54. The van der Waals surface area contributed by atoms with Gasteiger partial charge in [-0.1, -0.05) is 29.8 Å². The van der Waals surface area contributed by atoms with Gasteiger partial charge in [0.2, 0.25) is 0 Å². The molecule has 1 aliphatic rings. The third-order valence-electron chi connectivity index (χ3n) is 4.62. The van der Waals surface area contributed by atoms with Gasteiger partial charge in [0, 0.05) is 17.7 Å². The molecule has 1 aliphatic carbocycles. The van der Waals surface area contributed by atoms with E-state index in [0.717, 1.165) is 5.56 Å². The van der Waals surface area contributed by atoms with Crippen LogP contribution in [0.15, 0.2) is 24.3 Å². The van der Waals surface area contributed by atoms with Crippen LogP contribution in [0.5, 0.6) is 0 Å². The van der Waals surface area contributed by atoms with Crippen LogP contribution in [0.25, 0.3) is 0 Å². The Morgan fingerprint density at radius 2 is 1.83 bits per heavy atom. The van der Waals surface area contributed by atoms with E-state index < -0.39 is 29.0 Å². The lowest BCUT2D eigenvalue weighted by molar-refractivity contribution is -0.109. The molecule has 0 spiro atoms. The first-order chi connectivity index (χ1) is 11.4. The summed E-state index contributed by atoms with van der Waals surface area (Å²) in [7, 11) is 0. The normalized spacial score (nSPS) is 24.4. The topological polar surface area (TPSA) is 129 Å². The van der Waals surface area contributed by atoms with Gasteiger partial charge in [0.05, 0.1) is 24.1 Å². The molecule has 0 saturated heterocycles. The second-order valence-corrected chi connectivity index (χ2v) is 5.97. The molecule has 2 rings (SSSR count). The minimum absolute atomic E-state index is 0.239. The monoisotopic (exact) mass is 318 g/mol. The number of ketones is 1. The highest BCUT2D eigenvalue weighted by Gasteiger charge is 2.65. The summed E-state index contributed by atoms with van der Waals surface area (Å²) in [6.07, 6.45) is -0.255. The summed E-state index contributed by atoms with van der Waals surface area (Å²) in [5.74, 6) is -1.45. The third-order valence-corrected chi connectivity index (χ3v) is 4.62. The summed E-state index contributed by atoms with van der Waals surface area (Å²) in [4.78, 5) is 23.8. The quantitative estimate of drug-likeness (QED) is 0.672. The van der Waals surface area contributed by atoms with Gasteiger partial charge >= 0.3 is 0 Å². The molecule has 0 amide bonds. The van der Waals surface area contributed by atoms with Crippen molar-refractivity contribution in [2.24, 2.45) is 16.7 Å². The van der Waals surface area contributed by atoms with Gasteiger partial charge < -0.3 is 10.2 Å². The van der Waals surface area contributed by atoms with Crippen LogP contribution >= 0.6 is 0 Å². The lowest BCUT2D eigenvalue weighted by Crippen LogP contribution is -2.41. The molecule has 2 atom stereocenters. The van der Waals surface area contributed by atoms with Gasteiger partial charge in [-0.2, -0.15) is 15.8 Å². The van der Waals surface area contributed by atoms with Crippen molar-refractivity contribution in [3.05, 3.63) is 35.4 Å². The van der Waals surface area contributed by atoms with Crippen LogP contribution in [0, 0.1) is 63.1 Å². The summed E-state index contributed by atoms with van der Waals surface area (Å²) in [5.41, 5.74) is -2.83. The molecular weight excluding hydrogens is 304 g/mol. The third kappa shape index (κ3) is 2.28. The Balaban J connectivity index is 2.52. The number of nitrogens with zero attached hydrogens (tertiary/aromatic N) is 3. The van der Waals surface area contributed by atoms with Crippen molar-refractivity contribution in [2.75, 3.05) is 0 Å². The zero-order valence-electron chi connectivity index (χ0n) is 13.0. The molecule has 24 heavy (non-hydrogen) atoms. The molecule has 1 unspecified atom stereocenters. The second-order valence-electron chi connectivity index (χ2n) is 5.97. The van der Waals surface area contributed by atoms with Crippen molar-refractivity contribution in [2.45, 2.75) is 19.8 Å². The Labute approximate surface area is 139 Å². The summed E-state index contributed by atoms with van der Waals surface area (Å²) < 4.78 is 0. The molecule has 1 aromatic rings. The molecule has 0 bridgehead atoms. The van der Waals surface area contributed by atoms with Gasteiger partial charge in [-0.3, -0.25) is 4.79 Å². The van der Waals surface area contributed by atoms with E-state index in [-0.39, 0.29) is 12.1 Å². The first-order valence-electron chi connectivity index (χ1n) is 7.27. The molecule has 1 aromatic carbocycles. The van der Waals surface area contributed by atoms with Gasteiger partial charge in [0.15, 0.2) is 11.2 Å². The fraction of sp³-hybridized carbons (Fsp3) is 0.333. The Bertz CT molecular complexity index is 822. The van der Waals surface area contributed by atoms with Crippen molar-refractivity contribution < 1.29 is 9.59 Å². The fourth-order valence-electron chi connectivity index (χ4n) is 3.10. The Morgan fingerprint density at radius 1 is 1.25 bits per heavy atom. The lowest BCUT2D eigenvalue weighted by Gasteiger charge is -2.29. The van der Waals surface area contributed by atoms with Crippen LogP contribution in [0.2, 0.25) is 0 Å². The maximum atomic E-state index is 12.6. The molecule has 0 heterocycles. The maximum Gasteiger partial charge on any atom is 0.169 e. The molecular formula is C18H14N4O2. The van der Waals surface area contributed by atoms with E-state index in [4.69, 9.17) is 5.41 Å². The van der Waals surface area contributed by atoms with Crippen LogP contribution in [0.4, 0.5) is 0 Å². The molecule has 0 radical (unpaired) electrons. The summed E-state index contributed by atoms with van der Waals surface area (Å²) >= 11 is 0. The fourth-order valence-corrected chi connectivity index (χ4v) is 3.10. The molecule has 1 saturated carbocycles. The summed E-state index contributed by atoms with van der Waals surface area (Å²) in [6, 6.07) is 12.1. The van der Waals surface area contributed by atoms with Gasteiger partial charge in [0.1, 0.15) is 11.7 Å². The minimum atomic E-state index is -1.91. The van der Waals surface area contributed by atoms with Crippen LogP contribution in [0.1, 0.15) is 28.8 Å². The SMILES string of the molecule is Cc1ccc(C(=O)C[C@]2(C#N)C(=N)C(C=O)CC2(C#N)C#N)cc1. The first kappa shape index (κ1) is 17.1. The number of nitriles is 3. The number of aryl methyl sites for hydroxylation is 1. The average Bonchev–Trinajstić information content (AvgIpc) is 2.84. The van der Waals surface area contributed by atoms with E-state index in [1.54, 1.807) is 36.4 Å². The number of nitrogens with one attached hydrogen (secondary N) is 1. The van der Waals surface area contributed by atoms with Crippen molar-refractivity contribution in [1.29, 1.82) is 21.2 Å². The van der Waals surface area contributed by atoms with Crippen molar-refractivity contribution in [3.8, 4) is 18.2 Å². The zero-order valence-corrected chi connectivity index (χ0v) is 13.0. The van der Waals surface area contributed by atoms with Gasteiger partial charge in [0.25, 0.3) is 0 Å². The van der Waals surface area contributed by atoms with Gasteiger partial charge in [-0.25, -0.2) is 0 Å². The van der Waals surface area contributed by atoms with E-state index in [2.05, 4.69) is 0 Å². The molecule has 118 valence electrons. The van der Waals surface area contributed by atoms with Gasteiger partial charge in [-0.15, -0.1) is 0 Å². The molecule has 6 nitrogen and oxygen atoms in total. The standard InChI is InChI=1S/C18H14N4O2/c1-12-2-4-13(5-3-12)15(24)7-18(11-21)16(22)14(8-23)6-17(18,9-19)10-20/h2-5,8,14,22H,6-7H2,1H3/t14?,18-/m0/s1. The Kier molecular flexibility index (Phi) is 4.31. The number of carbonyl (C=O) groups is 2. The van der Waals surface area contributed by atoms with E-state index in [0.29, 0.717) is 11.8 Å². The van der Waals surface area contributed by atoms with Crippen LogP contribution in [-0.4, -0.2) is 17.8 Å². The first-order valence-corrected chi connectivity index (χ1v) is 7.27. The van der Waals surface area contributed by atoms with E-state index in [9.17, 15) is 25.4 Å². The second kappa shape index (κ2) is 6.07. The zero-order chi connectivity index (χ0) is 18.0. The number of carbonyl (C=O) groups excluding carboxylic acids is 2. The van der Waals surface area contributed by atoms with Crippen LogP contribution < -0.4 is 0 Å². The predicted molar refractivity (Wildman–Crippen MR) is 83.7 cm³/mol. The average molecular weight is 318 g/mol. The Hall–Kier alpha value is -3.30. The molecule has 0 aliphatic heterocycles. The molecule has 6 heteroatoms. The molecule has 1 N–H and O–H groups in total. The molecule has 0 aromatic heterocycles. The highest BCUT2D eigenvalue weighted by molar-refractivity contribution is 6.09. The largest absolute Gasteiger partial charge is 0.307 e. The number of aldehydes is 1. The van der Waals surface area contributed by atoms with Crippen molar-refractivity contribution in [1.82, 2.24) is 0 Å². The number of Topliss-reactive ketones (excluding diaryl/α,β-unsaturated/α-hetero) is 1. The van der Waals surface area contributed by atoms with Crippen molar-refractivity contribution in [3.63, 3.8) is 0 Å². The van der Waals surface area contributed by atoms with E-state index in [1.807, 2.05) is 13.0 Å². The Morgan fingerprint density at radius 3 is 2.29 bits per heavy atom. The van der Waals surface area contributed by atoms with E-state index in [1.165, 1.54) is 0 Å². The van der Waals surface area contributed by atoms with Crippen LogP contribution in [-0.2, 0) is 4.79 Å². The van der Waals surface area contributed by atoms with E-state index >= 15 is 0 Å². The number of hydrogen-bond acceptors (Lipinski definition) is 6. The van der Waals surface area contributed by atoms with Crippen LogP contribution in [0.3, 0.4) is 0 Å². The predicted octanol–water partition coefficient (Wildman–Crippen LogP) is 2.35. The van der Waals surface area contributed by atoms with Crippen molar-refractivity contribution >= 4 is 17.8 Å². The summed E-state index contributed by atoms with van der Waals surface area (Å²) in [5, 5.41) is 36.8. The smallest absolute Gasteiger partial charge is 0.169 e. The number of hydrogen-bond donors (Lipinski definition) is 1. The number of benzene rings is 1. The molecule has 1 fully saturated rings. The lowest BCUT2D eigenvalue weighted by atomic mass is 9.64. The number of rotatable bonds is 4. The maximum absolute atomic E-state index is 12.6. The minimum Gasteiger partial charge on any atom is -0.307 e. The van der Waals surface area contributed by atoms with Gasteiger partial charge in [-0.05, 0) is 13.3 Å². The summed E-state index contributed by atoms with van der Waals surface area (Å²) in [6.45, 7) is 1.86.